The molecule has 148 valence electrons. The maximum atomic E-state index is 12.9. The molecule has 0 saturated carbocycles. The maximum Gasteiger partial charge on any atom is 0.294 e. The number of hydrogen-bond acceptors (Lipinski definition) is 5. The summed E-state index contributed by atoms with van der Waals surface area (Å²) in [6.07, 6.45) is 0.979. The van der Waals surface area contributed by atoms with E-state index in [4.69, 9.17) is 0 Å². The van der Waals surface area contributed by atoms with Gasteiger partial charge in [-0.15, -0.1) is 0 Å². The number of thioether (sulfide) groups is 1. The molecular formula is C20H16FN3O4S. The normalized spacial score (nSPS) is 15.0. The number of anilines is 2. The second-order valence-corrected chi connectivity index (χ2v) is 7.17. The van der Waals surface area contributed by atoms with E-state index >= 15 is 0 Å². The van der Waals surface area contributed by atoms with Gasteiger partial charge < -0.3 is 10.6 Å². The molecule has 0 aromatic heterocycles. The monoisotopic (exact) mass is 413 g/mol. The van der Waals surface area contributed by atoms with E-state index in [1.807, 2.05) is 13.0 Å². The predicted octanol–water partition coefficient (Wildman–Crippen LogP) is 3.29. The van der Waals surface area contributed by atoms with Gasteiger partial charge in [0.2, 0.25) is 11.8 Å². The van der Waals surface area contributed by atoms with Crippen LogP contribution in [0.1, 0.15) is 5.56 Å². The third-order valence-electron chi connectivity index (χ3n) is 3.85. The van der Waals surface area contributed by atoms with Crippen LogP contribution in [0.3, 0.4) is 0 Å². The largest absolute Gasteiger partial charge is 0.325 e. The number of nitrogens with zero attached hydrogens (tertiary/aromatic N) is 1. The van der Waals surface area contributed by atoms with Gasteiger partial charge >= 0.3 is 0 Å². The van der Waals surface area contributed by atoms with Crippen LogP contribution in [0, 0.1) is 12.7 Å². The van der Waals surface area contributed by atoms with Crippen molar-refractivity contribution in [2.75, 3.05) is 17.2 Å². The van der Waals surface area contributed by atoms with Crippen molar-refractivity contribution in [3.63, 3.8) is 0 Å². The van der Waals surface area contributed by atoms with E-state index in [0.717, 1.165) is 16.5 Å². The Hall–Kier alpha value is -3.46. The highest BCUT2D eigenvalue weighted by Gasteiger charge is 2.36. The number of amides is 4. The van der Waals surface area contributed by atoms with Gasteiger partial charge in [-0.1, -0.05) is 12.1 Å². The minimum Gasteiger partial charge on any atom is -0.325 e. The van der Waals surface area contributed by atoms with Crippen LogP contribution in [-0.2, 0) is 14.4 Å². The van der Waals surface area contributed by atoms with Crippen molar-refractivity contribution in [3.05, 3.63) is 70.9 Å². The molecule has 2 aromatic carbocycles. The van der Waals surface area contributed by atoms with E-state index in [9.17, 15) is 23.6 Å². The first-order chi connectivity index (χ1) is 13.8. The lowest BCUT2D eigenvalue weighted by molar-refractivity contribution is -0.127. The van der Waals surface area contributed by atoms with E-state index in [1.54, 1.807) is 18.2 Å². The standard InChI is InChI=1S/C20H16FN3O4S/c1-12-3-2-4-15(9-12)23-18(26)11-24-19(27)16(29-20(24)28)10-17(25)22-14-7-5-13(21)6-8-14/h2-10H,11H2,1H3,(H,22,25)(H,23,26). The van der Waals surface area contributed by atoms with Crippen molar-refractivity contribution < 1.29 is 23.6 Å². The summed E-state index contributed by atoms with van der Waals surface area (Å²) in [5, 5.41) is 4.44. The number of aryl methyl sites for hydroxylation is 1. The van der Waals surface area contributed by atoms with Gasteiger partial charge in [-0.2, -0.15) is 0 Å². The summed E-state index contributed by atoms with van der Waals surface area (Å²) >= 11 is 0.572. The lowest BCUT2D eigenvalue weighted by atomic mass is 10.2. The average molecular weight is 413 g/mol. The highest BCUT2D eigenvalue weighted by atomic mass is 32.2. The van der Waals surface area contributed by atoms with Gasteiger partial charge in [0.05, 0.1) is 4.91 Å². The van der Waals surface area contributed by atoms with Crippen molar-refractivity contribution in [1.82, 2.24) is 4.90 Å². The molecule has 0 bridgehead atoms. The lowest BCUT2D eigenvalue weighted by Crippen LogP contribution is -2.36. The topological polar surface area (TPSA) is 95.6 Å². The Balaban J connectivity index is 1.62. The summed E-state index contributed by atoms with van der Waals surface area (Å²) in [7, 11) is 0. The third-order valence-corrected chi connectivity index (χ3v) is 4.76. The van der Waals surface area contributed by atoms with Gasteiger partial charge in [0.15, 0.2) is 0 Å². The summed E-state index contributed by atoms with van der Waals surface area (Å²) < 4.78 is 12.9. The molecule has 0 aliphatic carbocycles. The lowest BCUT2D eigenvalue weighted by Gasteiger charge is -2.12. The fourth-order valence-electron chi connectivity index (χ4n) is 2.53. The Morgan fingerprint density at radius 2 is 1.79 bits per heavy atom. The molecule has 0 atom stereocenters. The van der Waals surface area contributed by atoms with Crippen LogP contribution in [0.15, 0.2) is 59.5 Å². The molecule has 3 rings (SSSR count). The summed E-state index contributed by atoms with van der Waals surface area (Å²) in [5.74, 6) is -2.36. The van der Waals surface area contributed by atoms with Gasteiger partial charge in [-0.05, 0) is 60.6 Å². The zero-order valence-corrected chi connectivity index (χ0v) is 16.1. The first kappa shape index (κ1) is 20.3. The molecule has 4 amide bonds. The van der Waals surface area contributed by atoms with Crippen LogP contribution in [0.4, 0.5) is 20.6 Å². The summed E-state index contributed by atoms with van der Waals surface area (Å²) in [6, 6.07) is 12.2. The summed E-state index contributed by atoms with van der Waals surface area (Å²) in [4.78, 5) is 49.4. The third kappa shape index (κ3) is 5.29. The molecule has 1 fully saturated rings. The van der Waals surface area contributed by atoms with E-state index in [2.05, 4.69) is 10.6 Å². The number of benzene rings is 2. The van der Waals surface area contributed by atoms with E-state index < -0.39 is 35.3 Å². The highest BCUT2D eigenvalue weighted by Crippen LogP contribution is 2.30. The Labute approximate surface area is 170 Å². The SMILES string of the molecule is Cc1cccc(NC(=O)CN2C(=O)SC(=CC(=O)Nc3ccc(F)cc3)C2=O)c1. The first-order valence-electron chi connectivity index (χ1n) is 8.50. The molecule has 2 N–H and O–H groups in total. The fraction of sp³-hybridized carbons (Fsp3) is 0.100. The maximum absolute atomic E-state index is 12.9. The zero-order chi connectivity index (χ0) is 21.0. The number of imide groups is 1. The van der Waals surface area contributed by atoms with Gasteiger partial charge in [-0.3, -0.25) is 24.1 Å². The Kier molecular flexibility index (Phi) is 6.08. The van der Waals surface area contributed by atoms with E-state index in [0.29, 0.717) is 23.1 Å². The number of hydrogen-bond donors (Lipinski definition) is 2. The fourth-order valence-corrected chi connectivity index (χ4v) is 3.34. The number of nitrogens with one attached hydrogen (secondary N) is 2. The van der Waals surface area contributed by atoms with Crippen LogP contribution in [0.5, 0.6) is 0 Å². The summed E-state index contributed by atoms with van der Waals surface area (Å²) in [6.45, 7) is 1.41. The van der Waals surface area contributed by atoms with Crippen molar-refractivity contribution >= 4 is 46.1 Å². The molecule has 0 spiro atoms. The molecular weight excluding hydrogens is 397 g/mol. The molecule has 0 unspecified atom stereocenters. The molecule has 1 aliphatic heterocycles. The number of rotatable bonds is 5. The van der Waals surface area contributed by atoms with Gasteiger partial charge in [0.25, 0.3) is 11.1 Å². The van der Waals surface area contributed by atoms with Crippen LogP contribution < -0.4 is 10.6 Å². The number of halogens is 1. The van der Waals surface area contributed by atoms with Crippen molar-refractivity contribution in [1.29, 1.82) is 0 Å². The minimum absolute atomic E-state index is 0.0991. The minimum atomic E-state index is -0.728. The molecule has 2 aromatic rings. The van der Waals surface area contributed by atoms with Crippen molar-refractivity contribution in [2.24, 2.45) is 0 Å². The van der Waals surface area contributed by atoms with Crippen molar-refractivity contribution in [3.8, 4) is 0 Å². The quantitative estimate of drug-likeness (QED) is 0.734. The van der Waals surface area contributed by atoms with Crippen LogP contribution in [0.2, 0.25) is 0 Å². The van der Waals surface area contributed by atoms with Gasteiger partial charge in [-0.25, -0.2) is 4.39 Å². The van der Waals surface area contributed by atoms with E-state index in [1.165, 1.54) is 24.3 Å². The highest BCUT2D eigenvalue weighted by molar-refractivity contribution is 8.18. The van der Waals surface area contributed by atoms with Gasteiger partial charge in [0, 0.05) is 17.5 Å². The molecule has 7 nitrogen and oxygen atoms in total. The molecule has 1 heterocycles. The predicted molar refractivity (Wildman–Crippen MR) is 108 cm³/mol. The molecule has 9 heteroatoms. The Bertz CT molecular complexity index is 1020. The van der Waals surface area contributed by atoms with Crippen LogP contribution in [0.25, 0.3) is 0 Å². The Morgan fingerprint density at radius 3 is 2.48 bits per heavy atom. The molecule has 1 aliphatic rings. The van der Waals surface area contributed by atoms with E-state index in [-0.39, 0.29) is 4.91 Å². The summed E-state index contributed by atoms with van der Waals surface area (Å²) in [5.41, 5.74) is 1.84. The number of carbonyl (C=O) groups excluding carboxylic acids is 4. The average Bonchev–Trinajstić information content (AvgIpc) is 2.91. The smallest absolute Gasteiger partial charge is 0.294 e. The Morgan fingerprint density at radius 1 is 1.07 bits per heavy atom. The van der Waals surface area contributed by atoms with Gasteiger partial charge in [0.1, 0.15) is 12.4 Å². The molecule has 29 heavy (non-hydrogen) atoms. The van der Waals surface area contributed by atoms with Crippen LogP contribution in [-0.4, -0.2) is 34.4 Å². The van der Waals surface area contributed by atoms with Crippen molar-refractivity contribution in [2.45, 2.75) is 6.92 Å². The van der Waals surface area contributed by atoms with Crippen LogP contribution >= 0.6 is 11.8 Å². The molecule has 0 radical (unpaired) electrons. The number of carbonyl (C=O) groups is 4. The first-order valence-corrected chi connectivity index (χ1v) is 9.32. The molecule has 1 saturated heterocycles. The second kappa shape index (κ2) is 8.70. The second-order valence-electron chi connectivity index (χ2n) is 6.18. The zero-order valence-electron chi connectivity index (χ0n) is 15.3.